The monoisotopic (exact) mass is 501 g/mol. The third-order valence-corrected chi connectivity index (χ3v) is 8.44. The van der Waals surface area contributed by atoms with Gasteiger partial charge in [0.1, 0.15) is 18.6 Å². The van der Waals surface area contributed by atoms with Crippen LogP contribution in [-0.4, -0.2) is 63.1 Å². The second-order valence-electron chi connectivity index (χ2n) is 10.5. The number of halogens is 2. The molecule has 8 nitrogen and oxygen atoms in total. The minimum atomic E-state index is -2.94. The number of rotatable bonds is 7. The number of benzene rings is 1. The molecule has 4 atom stereocenters. The summed E-state index contributed by atoms with van der Waals surface area (Å²) in [5, 5.41) is 11.7. The number of carbonyl (C=O) groups excluding carboxylic acids is 2. The molecular weight excluding hydrogens is 470 g/mol. The Morgan fingerprint density at radius 2 is 1.89 bits per heavy atom. The van der Waals surface area contributed by atoms with Crippen molar-refractivity contribution in [3.05, 3.63) is 60.2 Å². The molecule has 1 aromatic carbocycles. The van der Waals surface area contributed by atoms with Crippen molar-refractivity contribution < 1.29 is 32.7 Å². The number of hydrogen-bond donors (Lipinski definition) is 2. The number of esters is 1. The fourth-order valence-corrected chi connectivity index (χ4v) is 6.57. The van der Waals surface area contributed by atoms with Crippen molar-refractivity contribution in [2.24, 2.45) is 17.6 Å². The first kappa shape index (κ1) is 24.7. The number of aromatic nitrogens is 2. The molecule has 0 spiro atoms. The Balaban J connectivity index is 1.43. The first-order valence-corrected chi connectivity index (χ1v) is 12.4. The van der Waals surface area contributed by atoms with Crippen LogP contribution in [0.25, 0.3) is 0 Å². The standard InChI is InChI=1S/C26H30F2N4O4/c27-25(28)10-6-19(14-25)26(35,18-4-2-1-3-5-18)24(34)36-21-15-32(12-8-17(21)9-13-32)22(23(29)33)20-7-11-30-16-31-20/h1-5,7,11,16-17,19,21-22,35H,6,8-10,12-15H2,(H-,29,33)/p+1/t17?,19?,21-,22?,26?,32?/m0/s1. The molecule has 192 valence electrons. The van der Waals surface area contributed by atoms with E-state index in [1.165, 1.54) is 6.33 Å². The first-order chi connectivity index (χ1) is 17.1. The average Bonchev–Trinajstić information content (AvgIpc) is 3.25. The molecule has 4 fully saturated rings. The lowest BCUT2D eigenvalue weighted by Crippen LogP contribution is -2.67. The van der Waals surface area contributed by atoms with Gasteiger partial charge in [0.25, 0.3) is 5.91 Å². The van der Waals surface area contributed by atoms with Crippen LogP contribution >= 0.6 is 0 Å². The Hall–Kier alpha value is -2.98. The number of nitrogens with zero attached hydrogens (tertiary/aromatic N) is 3. The number of aliphatic hydroxyl groups is 1. The van der Waals surface area contributed by atoms with Gasteiger partial charge < -0.3 is 20.1 Å². The van der Waals surface area contributed by atoms with Crippen LogP contribution in [0, 0.1) is 11.8 Å². The molecule has 3 N–H and O–H groups in total. The Labute approximate surface area is 208 Å². The number of quaternary nitrogens is 1. The SMILES string of the molecule is NC(=O)C(c1ccncn1)[N+]12CCC(CC1)[C@@H](OC(=O)C(O)(c1ccccc1)C1CCC(F)(F)C1)C2. The van der Waals surface area contributed by atoms with Crippen LogP contribution in [0.15, 0.2) is 48.9 Å². The zero-order valence-electron chi connectivity index (χ0n) is 19.9. The summed E-state index contributed by atoms with van der Waals surface area (Å²) < 4.78 is 34.6. The second kappa shape index (κ2) is 9.15. The van der Waals surface area contributed by atoms with Crippen LogP contribution < -0.4 is 5.73 Å². The molecule has 2 bridgehead atoms. The lowest BCUT2D eigenvalue weighted by molar-refractivity contribution is -0.965. The molecule has 4 aliphatic rings. The highest BCUT2D eigenvalue weighted by Gasteiger charge is 2.58. The quantitative estimate of drug-likeness (QED) is 0.445. The molecule has 2 aromatic rings. The molecule has 1 aliphatic carbocycles. The van der Waals surface area contributed by atoms with E-state index in [1.807, 2.05) is 0 Å². The predicted molar refractivity (Wildman–Crippen MR) is 124 cm³/mol. The zero-order chi connectivity index (χ0) is 25.6. The van der Waals surface area contributed by atoms with Gasteiger partial charge in [-0.25, -0.2) is 23.5 Å². The van der Waals surface area contributed by atoms with Gasteiger partial charge in [0.15, 0.2) is 11.7 Å². The smallest absolute Gasteiger partial charge is 0.343 e. The maximum absolute atomic E-state index is 14.1. The largest absolute Gasteiger partial charge is 0.454 e. The summed E-state index contributed by atoms with van der Waals surface area (Å²) in [6.07, 6.45) is 2.80. The van der Waals surface area contributed by atoms with Crippen LogP contribution in [0.5, 0.6) is 0 Å². The summed E-state index contributed by atoms with van der Waals surface area (Å²) in [6, 6.07) is 9.14. The van der Waals surface area contributed by atoms with Crippen molar-refractivity contribution in [3.8, 4) is 0 Å². The molecule has 4 heterocycles. The Kier molecular flexibility index (Phi) is 6.28. The number of amides is 1. The molecule has 1 amide bonds. The van der Waals surface area contributed by atoms with Gasteiger partial charge in [0.05, 0.1) is 13.1 Å². The number of ether oxygens (including phenoxy) is 1. The summed E-state index contributed by atoms with van der Waals surface area (Å²) in [6.45, 7) is 1.68. The van der Waals surface area contributed by atoms with Gasteiger partial charge in [-0.15, -0.1) is 0 Å². The number of primary amides is 1. The maximum atomic E-state index is 14.1. The molecule has 36 heavy (non-hydrogen) atoms. The van der Waals surface area contributed by atoms with Gasteiger partial charge >= 0.3 is 5.97 Å². The van der Waals surface area contributed by atoms with Gasteiger partial charge in [-0.1, -0.05) is 30.3 Å². The van der Waals surface area contributed by atoms with Crippen molar-refractivity contribution in [3.63, 3.8) is 0 Å². The van der Waals surface area contributed by atoms with Gasteiger partial charge in [0, 0.05) is 43.7 Å². The fraction of sp³-hybridized carbons (Fsp3) is 0.538. The molecule has 1 aromatic heterocycles. The van der Waals surface area contributed by atoms with Gasteiger partial charge in [0.2, 0.25) is 12.0 Å². The lowest BCUT2D eigenvalue weighted by Gasteiger charge is -2.54. The summed E-state index contributed by atoms with van der Waals surface area (Å²) in [4.78, 5) is 34.5. The number of carbonyl (C=O) groups is 2. The maximum Gasteiger partial charge on any atom is 0.343 e. The topological polar surface area (TPSA) is 115 Å². The van der Waals surface area contributed by atoms with Crippen LogP contribution in [0.3, 0.4) is 0 Å². The van der Waals surface area contributed by atoms with Crippen molar-refractivity contribution in [1.82, 2.24) is 9.97 Å². The van der Waals surface area contributed by atoms with E-state index in [2.05, 4.69) is 9.97 Å². The molecule has 3 saturated heterocycles. The van der Waals surface area contributed by atoms with E-state index in [0.29, 0.717) is 42.7 Å². The number of nitrogens with two attached hydrogens (primary N) is 1. The van der Waals surface area contributed by atoms with Crippen molar-refractivity contribution in [2.45, 2.75) is 55.8 Å². The molecule has 6 rings (SSSR count). The van der Waals surface area contributed by atoms with Gasteiger partial charge in [-0.3, -0.25) is 4.79 Å². The highest BCUT2D eigenvalue weighted by atomic mass is 19.3. The summed E-state index contributed by atoms with van der Waals surface area (Å²) in [7, 11) is 0. The first-order valence-electron chi connectivity index (χ1n) is 12.4. The summed E-state index contributed by atoms with van der Waals surface area (Å²) >= 11 is 0. The number of fused-ring (bicyclic) bond motifs is 3. The van der Waals surface area contributed by atoms with E-state index < -0.39 is 47.9 Å². The van der Waals surface area contributed by atoms with E-state index in [1.54, 1.807) is 42.6 Å². The summed E-state index contributed by atoms with van der Waals surface area (Å²) in [5.41, 5.74) is 4.42. The minimum Gasteiger partial charge on any atom is -0.454 e. The summed E-state index contributed by atoms with van der Waals surface area (Å²) in [5.74, 6) is -5.28. The Morgan fingerprint density at radius 1 is 1.17 bits per heavy atom. The van der Waals surface area contributed by atoms with Crippen LogP contribution in [0.1, 0.15) is 49.4 Å². The molecule has 1 saturated carbocycles. The van der Waals surface area contributed by atoms with Crippen molar-refractivity contribution in [1.29, 1.82) is 0 Å². The van der Waals surface area contributed by atoms with E-state index >= 15 is 0 Å². The van der Waals surface area contributed by atoms with Crippen LogP contribution in [0.2, 0.25) is 0 Å². The molecule has 0 radical (unpaired) electrons. The molecule has 3 unspecified atom stereocenters. The van der Waals surface area contributed by atoms with Crippen molar-refractivity contribution >= 4 is 11.9 Å². The fourth-order valence-electron chi connectivity index (χ4n) is 6.57. The molecule has 10 heteroatoms. The number of piperidine rings is 3. The van der Waals surface area contributed by atoms with Crippen LogP contribution in [0.4, 0.5) is 8.78 Å². The van der Waals surface area contributed by atoms with Crippen molar-refractivity contribution in [2.75, 3.05) is 19.6 Å². The van der Waals surface area contributed by atoms with E-state index in [0.717, 1.165) is 0 Å². The van der Waals surface area contributed by atoms with Gasteiger partial charge in [-0.2, -0.15) is 0 Å². The minimum absolute atomic E-state index is 0.0129. The lowest BCUT2D eigenvalue weighted by atomic mass is 9.79. The third-order valence-electron chi connectivity index (χ3n) is 8.44. The Morgan fingerprint density at radius 3 is 2.47 bits per heavy atom. The number of hydrogen-bond acceptors (Lipinski definition) is 6. The third kappa shape index (κ3) is 4.26. The van der Waals surface area contributed by atoms with Gasteiger partial charge in [-0.05, 0) is 18.1 Å². The Bertz CT molecular complexity index is 1110. The van der Waals surface area contributed by atoms with E-state index in [9.17, 15) is 23.5 Å². The van der Waals surface area contributed by atoms with Crippen LogP contribution in [-0.2, 0) is 19.9 Å². The second-order valence-corrected chi connectivity index (χ2v) is 10.5. The highest BCUT2D eigenvalue weighted by molar-refractivity contribution is 5.82. The molecular formula is C26H31F2N4O4+. The normalized spacial score (nSPS) is 31.4. The van der Waals surface area contributed by atoms with E-state index in [-0.39, 0.29) is 24.3 Å². The van der Waals surface area contributed by atoms with E-state index in [4.69, 9.17) is 10.5 Å². The number of alkyl halides is 2. The average molecular weight is 502 g/mol. The predicted octanol–water partition coefficient (Wildman–Crippen LogP) is 2.48. The zero-order valence-corrected chi connectivity index (χ0v) is 19.9. The molecule has 3 aliphatic heterocycles. The highest BCUT2D eigenvalue weighted by Crippen LogP contribution is 2.49.